The lowest BCUT2D eigenvalue weighted by Gasteiger charge is -2.29. The highest BCUT2D eigenvalue weighted by atomic mass is 79.9. The van der Waals surface area contributed by atoms with Crippen LogP contribution < -0.4 is 5.32 Å². The number of halogens is 1. The van der Waals surface area contributed by atoms with Gasteiger partial charge < -0.3 is 10.1 Å². The van der Waals surface area contributed by atoms with Crippen LogP contribution in [-0.4, -0.2) is 38.3 Å². The molecule has 0 amide bonds. The SMILES string of the molecule is CCOC1CCC(Nc2ccc3nc(Br)c(-c4ccncc4)n3n2)CC1. The zero-order valence-electron chi connectivity index (χ0n) is 14.7. The van der Waals surface area contributed by atoms with Crippen LogP contribution in [-0.2, 0) is 4.74 Å². The molecule has 1 aliphatic carbocycles. The Kier molecular flexibility index (Phi) is 5.17. The van der Waals surface area contributed by atoms with Crippen LogP contribution in [0.5, 0.6) is 0 Å². The Morgan fingerprint density at radius 3 is 2.65 bits per heavy atom. The topological polar surface area (TPSA) is 64.3 Å². The van der Waals surface area contributed by atoms with Gasteiger partial charge in [0.1, 0.15) is 16.1 Å². The summed E-state index contributed by atoms with van der Waals surface area (Å²) in [5, 5.41) is 8.36. The van der Waals surface area contributed by atoms with Crippen molar-refractivity contribution < 1.29 is 4.74 Å². The van der Waals surface area contributed by atoms with E-state index in [0.717, 1.165) is 59.6 Å². The summed E-state index contributed by atoms with van der Waals surface area (Å²) in [5.41, 5.74) is 2.78. The van der Waals surface area contributed by atoms with Gasteiger partial charge in [-0.1, -0.05) is 0 Å². The molecule has 0 bridgehead atoms. The molecule has 0 spiro atoms. The van der Waals surface area contributed by atoms with Gasteiger partial charge in [-0.05, 0) is 72.8 Å². The standard InChI is InChI=1S/C19H22BrN5O/c1-2-26-15-5-3-14(4-6-15)22-16-7-8-17-23-19(20)18(25(17)24-16)13-9-11-21-12-10-13/h7-12,14-15H,2-6H2,1H3,(H,22,24). The highest BCUT2D eigenvalue weighted by Gasteiger charge is 2.22. The summed E-state index contributed by atoms with van der Waals surface area (Å²) in [5.74, 6) is 0.873. The molecule has 0 saturated heterocycles. The van der Waals surface area contributed by atoms with Crippen molar-refractivity contribution in [1.82, 2.24) is 19.6 Å². The molecule has 1 aliphatic rings. The van der Waals surface area contributed by atoms with Gasteiger partial charge in [-0.2, -0.15) is 0 Å². The number of rotatable bonds is 5. The van der Waals surface area contributed by atoms with Crippen LogP contribution in [0.1, 0.15) is 32.6 Å². The lowest BCUT2D eigenvalue weighted by molar-refractivity contribution is 0.0346. The third-order valence-electron chi connectivity index (χ3n) is 4.82. The van der Waals surface area contributed by atoms with Crippen LogP contribution >= 0.6 is 15.9 Å². The Morgan fingerprint density at radius 2 is 1.92 bits per heavy atom. The van der Waals surface area contributed by atoms with Crippen LogP contribution in [0, 0.1) is 0 Å². The summed E-state index contributed by atoms with van der Waals surface area (Å²) >= 11 is 3.56. The minimum atomic E-state index is 0.413. The Labute approximate surface area is 161 Å². The fourth-order valence-electron chi connectivity index (χ4n) is 3.55. The molecule has 0 atom stereocenters. The predicted octanol–water partition coefficient (Wildman–Crippen LogP) is 4.31. The summed E-state index contributed by atoms with van der Waals surface area (Å²) in [6, 6.07) is 8.36. The molecule has 0 unspecified atom stereocenters. The monoisotopic (exact) mass is 415 g/mol. The maximum Gasteiger partial charge on any atom is 0.155 e. The number of nitrogens with one attached hydrogen (secondary N) is 1. The smallest absolute Gasteiger partial charge is 0.155 e. The Morgan fingerprint density at radius 1 is 1.15 bits per heavy atom. The van der Waals surface area contributed by atoms with E-state index in [1.165, 1.54) is 0 Å². The number of imidazole rings is 1. The first-order valence-corrected chi connectivity index (χ1v) is 9.87. The summed E-state index contributed by atoms with van der Waals surface area (Å²) in [6.45, 7) is 2.86. The number of nitrogens with zero attached hydrogens (tertiary/aromatic N) is 4. The van der Waals surface area contributed by atoms with Crippen molar-refractivity contribution in [2.75, 3.05) is 11.9 Å². The van der Waals surface area contributed by atoms with Gasteiger partial charge in [0.2, 0.25) is 0 Å². The van der Waals surface area contributed by atoms with E-state index in [-0.39, 0.29) is 0 Å². The minimum absolute atomic E-state index is 0.413. The van der Waals surface area contributed by atoms with Crippen LogP contribution in [0.4, 0.5) is 5.82 Å². The average molecular weight is 416 g/mol. The molecule has 1 N–H and O–H groups in total. The molecule has 1 saturated carbocycles. The van der Waals surface area contributed by atoms with Crippen molar-refractivity contribution in [3.63, 3.8) is 0 Å². The second kappa shape index (κ2) is 7.72. The van der Waals surface area contributed by atoms with E-state index in [1.54, 1.807) is 12.4 Å². The Balaban J connectivity index is 1.56. The molecule has 3 aromatic heterocycles. The summed E-state index contributed by atoms with van der Waals surface area (Å²) < 4.78 is 8.41. The molecule has 0 aromatic carbocycles. The van der Waals surface area contributed by atoms with E-state index in [4.69, 9.17) is 9.84 Å². The van der Waals surface area contributed by atoms with Crippen LogP contribution in [0.25, 0.3) is 16.9 Å². The van der Waals surface area contributed by atoms with Gasteiger partial charge in [0.25, 0.3) is 0 Å². The van der Waals surface area contributed by atoms with Crippen molar-refractivity contribution in [3.05, 3.63) is 41.3 Å². The molecule has 6 nitrogen and oxygen atoms in total. The highest BCUT2D eigenvalue weighted by molar-refractivity contribution is 9.10. The molecule has 0 radical (unpaired) electrons. The first-order valence-electron chi connectivity index (χ1n) is 9.08. The predicted molar refractivity (Wildman–Crippen MR) is 105 cm³/mol. The van der Waals surface area contributed by atoms with Crippen molar-refractivity contribution in [3.8, 4) is 11.3 Å². The van der Waals surface area contributed by atoms with Gasteiger partial charge in [0.05, 0.1) is 6.10 Å². The van der Waals surface area contributed by atoms with E-state index >= 15 is 0 Å². The van der Waals surface area contributed by atoms with Gasteiger partial charge in [0, 0.05) is 30.6 Å². The molecule has 1 fully saturated rings. The molecule has 3 aromatic rings. The largest absolute Gasteiger partial charge is 0.379 e. The van der Waals surface area contributed by atoms with Crippen molar-refractivity contribution in [2.24, 2.45) is 0 Å². The number of hydrogen-bond donors (Lipinski definition) is 1. The number of ether oxygens (including phenoxy) is 1. The first-order chi connectivity index (χ1) is 12.7. The van der Waals surface area contributed by atoms with Crippen LogP contribution in [0.15, 0.2) is 41.3 Å². The summed E-state index contributed by atoms with van der Waals surface area (Å²) in [6.07, 6.45) is 8.39. The highest BCUT2D eigenvalue weighted by Crippen LogP contribution is 2.29. The second-order valence-corrected chi connectivity index (χ2v) is 7.30. The maximum atomic E-state index is 5.74. The molecule has 4 rings (SSSR count). The third-order valence-corrected chi connectivity index (χ3v) is 5.37. The normalized spacial score (nSPS) is 20.4. The molecular weight excluding hydrogens is 394 g/mol. The Bertz CT molecular complexity index is 874. The zero-order valence-corrected chi connectivity index (χ0v) is 16.3. The summed E-state index contributed by atoms with van der Waals surface area (Å²) in [7, 11) is 0. The van der Waals surface area contributed by atoms with Crippen LogP contribution in [0.2, 0.25) is 0 Å². The van der Waals surface area contributed by atoms with E-state index in [1.807, 2.05) is 28.8 Å². The van der Waals surface area contributed by atoms with Gasteiger partial charge in [-0.15, -0.1) is 5.10 Å². The minimum Gasteiger partial charge on any atom is -0.379 e. The van der Waals surface area contributed by atoms with E-state index < -0.39 is 0 Å². The molecule has 3 heterocycles. The first kappa shape index (κ1) is 17.4. The maximum absolute atomic E-state index is 5.74. The van der Waals surface area contributed by atoms with Crippen molar-refractivity contribution in [1.29, 1.82) is 0 Å². The average Bonchev–Trinajstić information content (AvgIpc) is 2.99. The number of aromatic nitrogens is 4. The molecule has 0 aliphatic heterocycles. The molecule has 136 valence electrons. The number of anilines is 1. The second-order valence-electron chi connectivity index (χ2n) is 6.55. The van der Waals surface area contributed by atoms with E-state index in [2.05, 4.69) is 38.1 Å². The number of hydrogen-bond acceptors (Lipinski definition) is 5. The number of fused-ring (bicyclic) bond motifs is 1. The van der Waals surface area contributed by atoms with Gasteiger partial charge >= 0.3 is 0 Å². The van der Waals surface area contributed by atoms with Gasteiger partial charge in [-0.25, -0.2) is 9.50 Å². The van der Waals surface area contributed by atoms with Crippen molar-refractivity contribution >= 4 is 27.4 Å². The van der Waals surface area contributed by atoms with Gasteiger partial charge in [0.15, 0.2) is 5.65 Å². The van der Waals surface area contributed by atoms with Crippen molar-refractivity contribution in [2.45, 2.75) is 44.8 Å². The van der Waals surface area contributed by atoms with Crippen LogP contribution in [0.3, 0.4) is 0 Å². The molecule has 26 heavy (non-hydrogen) atoms. The van der Waals surface area contributed by atoms with Gasteiger partial charge in [-0.3, -0.25) is 4.98 Å². The van der Waals surface area contributed by atoms with E-state index in [0.29, 0.717) is 12.1 Å². The zero-order chi connectivity index (χ0) is 17.9. The number of pyridine rings is 1. The van der Waals surface area contributed by atoms with E-state index in [9.17, 15) is 0 Å². The fourth-order valence-corrected chi connectivity index (χ4v) is 4.13. The molecule has 7 heteroatoms. The fraction of sp³-hybridized carbons (Fsp3) is 0.421. The molecular formula is C19H22BrN5O. The third kappa shape index (κ3) is 3.59. The summed E-state index contributed by atoms with van der Waals surface area (Å²) in [4.78, 5) is 8.65. The quantitative estimate of drug-likeness (QED) is 0.672. The Hall–Kier alpha value is -1.99. The lowest BCUT2D eigenvalue weighted by Crippen LogP contribution is -2.30. The lowest BCUT2D eigenvalue weighted by atomic mass is 9.93.